The molecule has 3 atom stereocenters. The van der Waals surface area contributed by atoms with E-state index in [1.54, 1.807) is 18.5 Å². The number of furan rings is 1. The number of nitrogens with one attached hydrogen (secondary N) is 2. The summed E-state index contributed by atoms with van der Waals surface area (Å²) in [6, 6.07) is 9.61. The van der Waals surface area contributed by atoms with E-state index in [1.807, 2.05) is 24.3 Å². The summed E-state index contributed by atoms with van der Waals surface area (Å²) >= 11 is 0. The van der Waals surface area contributed by atoms with Crippen LogP contribution in [0.25, 0.3) is 0 Å². The Kier molecular flexibility index (Phi) is 6.44. The molecule has 4 heterocycles. The number of amides is 2. The van der Waals surface area contributed by atoms with Crippen LogP contribution in [0.3, 0.4) is 0 Å². The highest BCUT2D eigenvalue weighted by molar-refractivity contribution is 5.83. The molecule has 0 radical (unpaired) electrons. The van der Waals surface area contributed by atoms with Crippen molar-refractivity contribution in [2.45, 2.75) is 50.5 Å². The van der Waals surface area contributed by atoms with Crippen molar-refractivity contribution < 1.29 is 14.0 Å². The molecule has 0 spiro atoms. The molecular formula is C22H29N5O3. The maximum absolute atomic E-state index is 12.9. The molecule has 2 aromatic rings. The number of hydrogen-bond donors (Lipinski definition) is 2. The first-order chi connectivity index (χ1) is 14.6. The monoisotopic (exact) mass is 411 g/mol. The molecule has 2 aliphatic heterocycles. The third-order valence-corrected chi connectivity index (χ3v) is 6.19. The van der Waals surface area contributed by atoms with Gasteiger partial charge in [-0.25, -0.2) is 0 Å². The molecule has 0 aliphatic carbocycles. The molecule has 8 heteroatoms. The quantitative estimate of drug-likeness (QED) is 0.710. The Morgan fingerprint density at radius 1 is 1.33 bits per heavy atom. The van der Waals surface area contributed by atoms with Crippen LogP contribution >= 0.6 is 0 Å². The first kappa shape index (κ1) is 20.6. The lowest BCUT2D eigenvalue weighted by Gasteiger charge is -2.33. The van der Waals surface area contributed by atoms with Crippen molar-refractivity contribution in [3.63, 3.8) is 0 Å². The molecule has 3 unspecified atom stereocenters. The SMILES string of the molecule is CN1C(CCC(=O)NCc2ccco2)CNC(=O)C2C1CCN2Cc1ccccn1. The van der Waals surface area contributed by atoms with Gasteiger partial charge in [-0.05, 0) is 44.2 Å². The van der Waals surface area contributed by atoms with Crippen LogP contribution < -0.4 is 10.6 Å². The van der Waals surface area contributed by atoms with Gasteiger partial charge in [0.15, 0.2) is 0 Å². The normalized spacial score (nSPS) is 24.8. The van der Waals surface area contributed by atoms with Crippen molar-refractivity contribution in [3.8, 4) is 0 Å². The van der Waals surface area contributed by atoms with Crippen LogP contribution in [0.4, 0.5) is 0 Å². The van der Waals surface area contributed by atoms with Crippen molar-refractivity contribution in [2.24, 2.45) is 0 Å². The third kappa shape index (κ3) is 4.71. The Hall–Kier alpha value is -2.71. The van der Waals surface area contributed by atoms with E-state index in [2.05, 4.69) is 32.5 Å². The van der Waals surface area contributed by atoms with Gasteiger partial charge in [-0.15, -0.1) is 0 Å². The van der Waals surface area contributed by atoms with Gasteiger partial charge in [0, 0.05) is 44.3 Å². The topological polar surface area (TPSA) is 90.7 Å². The van der Waals surface area contributed by atoms with Gasteiger partial charge < -0.3 is 15.1 Å². The van der Waals surface area contributed by atoms with Crippen LogP contribution in [0.15, 0.2) is 47.2 Å². The number of likely N-dealkylation sites (N-methyl/N-ethyl adjacent to an activating group) is 1. The molecule has 0 bridgehead atoms. The zero-order valence-electron chi connectivity index (χ0n) is 17.3. The van der Waals surface area contributed by atoms with Gasteiger partial charge in [0.1, 0.15) is 11.8 Å². The average Bonchev–Trinajstić information content (AvgIpc) is 3.40. The maximum Gasteiger partial charge on any atom is 0.239 e. The Labute approximate surface area is 176 Å². The minimum Gasteiger partial charge on any atom is -0.467 e. The number of likely N-dealkylation sites (tertiary alicyclic amines) is 1. The Morgan fingerprint density at radius 3 is 3.00 bits per heavy atom. The zero-order chi connectivity index (χ0) is 20.9. The van der Waals surface area contributed by atoms with Crippen molar-refractivity contribution in [1.82, 2.24) is 25.4 Å². The molecule has 8 nitrogen and oxygen atoms in total. The van der Waals surface area contributed by atoms with E-state index in [1.165, 1.54) is 0 Å². The molecule has 30 heavy (non-hydrogen) atoms. The lowest BCUT2D eigenvalue weighted by atomic mass is 10.0. The number of nitrogens with zero attached hydrogens (tertiary/aromatic N) is 3. The van der Waals surface area contributed by atoms with E-state index in [-0.39, 0.29) is 29.9 Å². The molecule has 2 aromatic heterocycles. The number of fused-ring (bicyclic) bond motifs is 1. The van der Waals surface area contributed by atoms with E-state index >= 15 is 0 Å². The fourth-order valence-electron chi connectivity index (χ4n) is 4.51. The molecule has 2 fully saturated rings. The van der Waals surface area contributed by atoms with E-state index in [4.69, 9.17) is 4.42 Å². The van der Waals surface area contributed by atoms with Crippen LogP contribution in [0, 0.1) is 0 Å². The Morgan fingerprint density at radius 2 is 2.23 bits per heavy atom. The van der Waals surface area contributed by atoms with E-state index < -0.39 is 0 Å². The summed E-state index contributed by atoms with van der Waals surface area (Å²) in [6.07, 6.45) is 5.43. The van der Waals surface area contributed by atoms with Crippen LogP contribution in [0.1, 0.15) is 30.7 Å². The van der Waals surface area contributed by atoms with Gasteiger partial charge >= 0.3 is 0 Å². The number of rotatable bonds is 7. The summed E-state index contributed by atoms with van der Waals surface area (Å²) in [5, 5.41) is 5.99. The minimum absolute atomic E-state index is 0.00451. The fourth-order valence-corrected chi connectivity index (χ4v) is 4.51. The Bertz CT molecular complexity index is 842. The van der Waals surface area contributed by atoms with Crippen molar-refractivity contribution in [1.29, 1.82) is 0 Å². The predicted octanol–water partition coefficient (Wildman–Crippen LogP) is 1.14. The summed E-state index contributed by atoms with van der Waals surface area (Å²) in [4.78, 5) is 34.0. The van der Waals surface area contributed by atoms with Crippen LogP contribution in [0.2, 0.25) is 0 Å². The number of carbonyl (C=O) groups excluding carboxylic acids is 2. The summed E-state index contributed by atoms with van der Waals surface area (Å²) < 4.78 is 5.24. The fraction of sp³-hybridized carbons (Fsp3) is 0.500. The highest BCUT2D eigenvalue weighted by atomic mass is 16.3. The summed E-state index contributed by atoms with van der Waals surface area (Å²) in [5.41, 5.74) is 0.975. The van der Waals surface area contributed by atoms with Crippen molar-refractivity contribution in [2.75, 3.05) is 20.1 Å². The van der Waals surface area contributed by atoms with E-state index in [9.17, 15) is 9.59 Å². The molecule has 2 amide bonds. The molecule has 0 aromatic carbocycles. The highest BCUT2D eigenvalue weighted by Gasteiger charge is 2.44. The largest absolute Gasteiger partial charge is 0.467 e. The number of pyridine rings is 1. The standard InChI is InChI=1S/C22H29N5O3/c1-26-17(7-8-20(28)24-14-18-6-4-12-30-18)13-25-22(29)21-19(26)9-11-27(21)15-16-5-2-3-10-23-16/h2-6,10,12,17,19,21H,7-9,11,13-15H2,1H3,(H,24,28)(H,25,29). The summed E-state index contributed by atoms with van der Waals surface area (Å²) in [6.45, 7) is 2.49. The molecule has 4 rings (SSSR count). The molecular weight excluding hydrogens is 382 g/mol. The predicted molar refractivity (Wildman–Crippen MR) is 111 cm³/mol. The van der Waals surface area contributed by atoms with E-state index in [0.717, 1.165) is 24.4 Å². The second-order valence-electron chi connectivity index (χ2n) is 8.05. The summed E-state index contributed by atoms with van der Waals surface area (Å²) in [5.74, 6) is 0.809. The maximum atomic E-state index is 12.9. The van der Waals surface area contributed by atoms with Crippen LogP contribution in [0.5, 0.6) is 0 Å². The molecule has 0 saturated carbocycles. The number of aromatic nitrogens is 1. The lowest BCUT2D eigenvalue weighted by molar-refractivity contribution is -0.126. The average molecular weight is 412 g/mol. The second kappa shape index (κ2) is 9.40. The third-order valence-electron chi connectivity index (χ3n) is 6.19. The first-order valence-electron chi connectivity index (χ1n) is 10.5. The molecule has 2 saturated heterocycles. The number of carbonyl (C=O) groups is 2. The van der Waals surface area contributed by atoms with Gasteiger partial charge in [-0.2, -0.15) is 0 Å². The second-order valence-corrected chi connectivity index (χ2v) is 8.05. The van der Waals surface area contributed by atoms with Gasteiger partial charge in [0.05, 0.1) is 18.5 Å². The van der Waals surface area contributed by atoms with Gasteiger partial charge in [-0.3, -0.25) is 24.4 Å². The van der Waals surface area contributed by atoms with Crippen molar-refractivity contribution >= 4 is 11.8 Å². The van der Waals surface area contributed by atoms with Gasteiger partial charge in [-0.1, -0.05) is 6.07 Å². The molecule has 2 aliphatic rings. The number of hydrogen-bond acceptors (Lipinski definition) is 6. The van der Waals surface area contributed by atoms with Gasteiger partial charge in [0.2, 0.25) is 11.8 Å². The minimum atomic E-state index is -0.185. The lowest BCUT2D eigenvalue weighted by Crippen LogP contribution is -2.49. The van der Waals surface area contributed by atoms with Crippen LogP contribution in [-0.4, -0.2) is 64.9 Å². The Balaban J connectivity index is 1.33. The van der Waals surface area contributed by atoms with E-state index in [0.29, 0.717) is 32.5 Å². The first-order valence-corrected chi connectivity index (χ1v) is 10.5. The molecule has 2 N–H and O–H groups in total. The highest BCUT2D eigenvalue weighted by Crippen LogP contribution is 2.28. The smallest absolute Gasteiger partial charge is 0.239 e. The molecule has 160 valence electrons. The zero-order valence-corrected chi connectivity index (χ0v) is 17.3. The van der Waals surface area contributed by atoms with Gasteiger partial charge in [0.25, 0.3) is 0 Å². The summed E-state index contributed by atoms with van der Waals surface area (Å²) in [7, 11) is 2.08. The van der Waals surface area contributed by atoms with Crippen LogP contribution in [-0.2, 0) is 22.7 Å². The van der Waals surface area contributed by atoms with Crippen molar-refractivity contribution in [3.05, 3.63) is 54.2 Å².